The van der Waals surface area contributed by atoms with Crippen molar-refractivity contribution >= 4 is 23.9 Å². The third-order valence-corrected chi connectivity index (χ3v) is 7.86. The Kier molecular flexibility index (Phi) is 7.26. The number of hydrogen-bond donors (Lipinski definition) is 3. The number of aromatic nitrogens is 3. The molecule has 1 fully saturated rings. The predicted octanol–water partition coefficient (Wildman–Crippen LogP) is 2.87. The highest BCUT2D eigenvalue weighted by atomic mass is 16.5. The fourth-order valence-electron chi connectivity index (χ4n) is 5.60. The summed E-state index contributed by atoms with van der Waals surface area (Å²) in [6, 6.07) is 11.9. The van der Waals surface area contributed by atoms with Gasteiger partial charge in [0.1, 0.15) is 18.0 Å². The van der Waals surface area contributed by atoms with Crippen molar-refractivity contribution < 1.29 is 19.2 Å². The van der Waals surface area contributed by atoms with E-state index in [-0.39, 0.29) is 6.17 Å². The van der Waals surface area contributed by atoms with Crippen LogP contribution in [0, 0.1) is 0 Å². The van der Waals surface area contributed by atoms with E-state index in [9.17, 15) is 19.5 Å². The third-order valence-electron chi connectivity index (χ3n) is 7.86. The monoisotopic (exact) mass is 545 g/mol. The van der Waals surface area contributed by atoms with Crippen LogP contribution in [0.3, 0.4) is 0 Å². The van der Waals surface area contributed by atoms with Gasteiger partial charge in [-0.1, -0.05) is 24.2 Å². The van der Waals surface area contributed by atoms with Crippen LogP contribution < -0.4 is 16.0 Å². The summed E-state index contributed by atoms with van der Waals surface area (Å²) in [7, 11) is 2.01. The number of fused-ring (bicyclic) bond motifs is 1. The van der Waals surface area contributed by atoms with Gasteiger partial charge in [-0.2, -0.15) is 0 Å². The molecule has 0 unspecified atom stereocenters. The number of pyridine rings is 1. The number of benzene rings is 1. The standard InChI is InChI=1S/C28H31N7O5/c1-4-28-13-12-21(34(17-36)23-7-5-6-14-29-23)15-22(28)35(18(2)26(37)38)24(33(28)3)16-30-20-10-8-19(9-11-20)25-31-27(39)40-32-25/h5-12,14-15,17-18,24,30H,4,13,16H2,1-3H3,(H,37,38)(H,31,32,39)/t18-,24-,28+/m0/s1. The number of likely N-dealkylation sites (N-methyl/N-ethyl adjacent to an activating group) is 1. The van der Waals surface area contributed by atoms with Crippen LogP contribution in [-0.2, 0) is 9.59 Å². The number of aliphatic carboxylic acids is 1. The van der Waals surface area contributed by atoms with Crippen molar-refractivity contribution in [2.75, 3.05) is 23.8 Å². The topological polar surface area (TPSA) is 148 Å². The molecule has 1 aliphatic heterocycles. The second kappa shape index (κ2) is 10.8. The summed E-state index contributed by atoms with van der Waals surface area (Å²) in [6.07, 6.45) is 7.33. The maximum absolute atomic E-state index is 12.3. The number of hydrogen-bond acceptors (Lipinski definition) is 9. The van der Waals surface area contributed by atoms with E-state index in [0.717, 1.165) is 24.2 Å². The first-order chi connectivity index (χ1) is 19.3. The van der Waals surface area contributed by atoms with Gasteiger partial charge in [-0.05, 0) is 69.3 Å². The minimum Gasteiger partial charge on any atom is -0.480 e. The van der Waals surface area contributed by atoms with Gasteiger partial charge in [0.05, 0.1) is 5.54 Å². The number of amides is 1. The zero-order valence-corrected chi connectivity index (χ0v) is 22.4. The van der Waals surface area contributed by atoms with E-state index in [1.54, 1.807) is 25.3 Å². The zero-order valence-electron chi connectivity index (χ0n) is 22.4. The van der Waals surface area contributed by atoms with Crippen LogP contribution in [-0.4, -0.2) is 73.7 Å². The predicted molar refractivity (Wildman–Crippen MR) is 148 cm³/mol. The highest BCUT2D eigenvalue weighted by molar-refractivity contribution is 5.80. The lowest BCUT2D eigenvalue weighted by molar-refractivity contribution is -0.142. The lowest BCUT2D eigenvalue weighted by atomic mass is 9.83. The lowest BCUT2D eigenvalue weighted by Crippen LogP contribution is -2.50. The van der Waals surface area contributed by atoms with Gasteiger partial charge in [-0.25, -0.2) is 14.6 Å². The number of carboxylic acids is 1. The summed E-state index contributed by atoms with van der Waals surface area (Å²) in [6.45, 7) is 4.20. The number of nitrogens with zero attached hydrogens (tertiary/aromatic N) is 5. The average molecular weight is 546 g/mol. The molecule has 0 saturated carbocycles. The van der Waals surface area contributed by atoms with Crippen LogP contribution in [0.5, 0.6) is 0 Å². The van der Waals surface area contributed by atoms with E-state index in [2.05, 4.69) is 36.8 Å². The Hall–Kier alpha value is -4.71. The Balaban J connectivity index is 1.45. The average Bonchev–Trinajstić information content (AvgIpc) is 3.51. The molecule has 1 aliphatic carbocycles. The molecular weight excluding hydrogens is 514 g/mol. The minimum atomic E-state index is -0.940. The van der Waals surface area contributed by atoms with Crippen LogP contribution >= 0.6 is 0 Å². The normalized spacial score (nSPS) is 21.3. The van der Waals surface area contributed by atoms with Crippen molar-refractivity contribution in [2.24, 2.45) is 0 Å². The molecule has 1 amide bonds. The molecule has 208 valence electrons. The Morgan fingerprint density at radius 3 is 2.70 bits per heavy atom. The molecule has 2 aromatic heterocycles. The van der Waals surface area contributed by atoms with E-state index >= 15 is 0 Å². The van der Waals surface area contributed by atoms with E-state index in [1.165, 1.54) is 4.90 Å². The maximum Gasteiger partial charge on any atom is 0.439 e. The zero-order chi connectivity index (χ0) is 28.4. The summed E-state index contributed by atoms with van der Waals surface area (Å²) in [4.78, 5) is 48.2. The number of carbonyl (C=O) groups is 2. The van der Waals surface area contributed by atoms with Gasteiger partial charge in [0.25, 0.3) is 0 Å². The van der Waals surface area contributed by atoms with Crippen LogP contribution in [0.1, 0.15) is 26.7 Å². The molecule has 0 bridgehead atoms. The fourth-order valence-corrected chi connectivity index (χ4v) is 5.60. The number of H-pyrrole nitrogens is 1. The second-order valence-electron chi connectivity index (χ2n) is 9.83. The Bertz CT molecular complexity index is 1500. The molecule has 2 aliphatic rings. The Labute approximate surface area is 230 Å². The second-order valence-corrected chi connectivity index (χ2v) is 9.83. The molecule has 3 aromatic rings. The molecule has 12 heteroatoms. The summed E-state index contributed by atoms with van der Waals surface area (Å²) >= 11 is 0. The van der Waals surface area contributed by atoms with Gasteiger partial charge in [-0.15, -0.1) is 0 Å². The van der Waals surface area contributed by atoms with Gasteiger partial charge in [0.15, 0.2) is 5.82 Å². The highest BCUT2D eigenvalue weighted by Crippen LogP contribution is 2.47. The number of aromatic amines is 1. The fraction of sp³-hybridized carbons (Fsp3) is 0.321. The van der Waals surface area contributed by atoms with Gasteiger partial charge in [0, 0.05) is 35.4 Å². The van der Waals surface area contributed by atoms with Crippen LogP contribution in [0.25, 0.3) is 11.4 Å². The molecule has 3 atom stereocenters. The number of carbonyl (C=O) groups excluding carboxylic acids is 1. The first kappa shape index (κ1) is 26.9. The number of allylic oxidation sites excluding steroid dienone is 1. The van der Waals surface area contributed by atoms with Crippen molar-refractivity contribution in [2.45, 2.75) is 44.4 Å². The van der Waals surface area contributed by atoms with Crippen LogP contribution in [0.2, 0.25) is 0 Å². The van der Waals surface area contributed by atoms with Crippen molar-refractivity contribution in [1.29, 1.82) is 0 Å². The molecule has 3 heterocycles. The number of rotatable bonds is 10. The summed E-state index contributed by atoms with van der Waals surface area (Å²) in [5.74, 6) is -0.730. The Morgan fingerprint density at radius 2 is 2.10 bits per heavy atom. The Morgan fingerprint density at radius 1 is 1.32 bits per heavy atom. The van der Waals surface area contributed by atoms with Crippen molar-refractivity contribution in [3.8, 4) is 11.4 Å². The molecule has 5 rings (SSSR count). The van der Waals surface area contributed by atoms with Crippen molar-refractivity contribution in [3.05, 3.63) is 82.8 Å². The molecule has 0 spiro atoms. The summed E-state index contributed by atoms with van der Waals surface area (Å²) in [5, 5.41) is 17.2. The van der Waals surface area contributed by atoms with E-state index in [1.807, 2.05) is 54.4 Å². The van der Waals surface area contributed by atoms with Crippen LogP contribution in [0.4, 0.5) is 11.5 Å². The third kappa shape index (κ3) is 4.66. The molecule has 12 nitrogen and oxygen atoms in total. The molecule has 40 heavy (non-hydrogen) atoms. The molecule has 0 radical (unpaired) electrons. The molecule has 3 N–H and O–H groups in total. The number of anilines is 2. The van der Waals surface area contributed by atoms with Gasteiger partial charge < -0.3 is 15.3 Å². The smallest absolute Gasteiger partial charge is 0.439 e. The minimum absolute atomic E-state index is 0.295. The van der Waals surface area contributed by atoms with Crippen molar-refractivity contribution in [3.63, 3.8) is 0 Å². The first-order valence-corrected chi connectivity index (χ1v) is 13.0. The SMILES string of the molecule is CC[C@@]12CC=C(N(C=O)c3ccccn3)C=C1N([C@@H](C)C(=O)O)[C@@H](CNc1ccc(-c3noc(=O)[nH]3)cc1)N2C. The quantitative estimate of drug-likeness (QED) is 0.325. The molecular formula is C28H31N7O5. The maximum atomic E-state index is 12.3. The largest absolute Gasteiger partial charge is 0.480 e. The van der Waals surface area contributed by atoms with Gasteiger partial charge in [0.2, 0.25) is 6.41 Å². The highest BCUT2D eigenvalue weighted by Gasteiger charge is 2.54. The van der Waals surface area contributed by atoms with Gasteiger partial charge in [-0.3, -0.25) is 24.1 Å². The van der Waals surface area contributed by atoms with E-state index in [4.69, 9.17) is 0 Å². The number of carboxylic acid groups (broad SMARTS) is 1. The molecule has 1 saturated heterocycles. The van der Waals surface area contributed by atoms with E-state index in [0.29, 0.717) is 35.9 Å². The summed E-state index contributed by atoms with van der Waals surface area (Å²) in [5.41, 5.74) is 2.58. The lowest BCUT2D eigenvalue weighted by Gasteiger charge is -2.39. The molecule has 1 aromatic carbocycles. The van der Waals surface area contributed by atoms with Crippen LogP contribution in [0.15, 0.2) is 81.5 Å². The first-order valence-electron chi connectivity index (χ1n) is 13.0. The van der Waals surface area contributed by atoms with E-state index < -0.39 is 23.3 Å². The number of nitrogens with one attached hydrogen (secondary N) is 2. The summed E-state index contributed by atoms with van der Waals surface area (Å²) < 4.78 is 4.58. The van der Waals surface area contributed by atoms with Crippen molar-refractivity contribution in [1.82, 2.24) is 24.9 Å². The van der Waals surface area contributed by atoms with Gasteiger partial charge >= 0.3 is 11.7 Å².